The molecule has 0 aliphatic carbocycles. The Kier molecular flexibility index (Phi) is 7.34. The van der Waals surface area contributed by atoms with E-state index in [0.29, 0.717) is 28.8 Å². The van der Waals surface area contributed by atoms with E-state index >= 15 is 0 Å². The summed E-state index contributed by atoms with van der Waals surface area (Å²) in [5.74, 6) is 0.657. The average Bonchev–Trinajstić information content (AvgIpc) is 2.83. The van der Waals surface area contributed by atoms with Gasteiger partial charge in [0.2, 0.25) is 0 Å². The zero-order chi connectivity index (χ0) is 26.7. The van der Waals surface area contributed by atoms with Crippen LogP contribution < -0.4 is 4.74 Å². The Morgan fingerprint density at radius 1 is 0.784 bits per heavy atom. The van der Waals surface area contributed by atoms with Crippen LogP contribution in [-0.2, 0) is 4.79 Å². The minimum Gasteiger partial charge on any atom is -0.507 e. The lowest BCUT2D eigenvalue weighted by Crippen LogP contribution is -2.05. The summed E-state index contributed by atoms with van der Waals surface area (Å²) in [7, 11) is 0. The van der Waals surface area contributed by atoms with Gasteiger partial charge in [0.15, 0.2) is 17.5 Å². The molecule has 1 heterocycles. The lowest BCUT2D eigenvalue weighted by molar-refractivity contribution is -0.132. The van der Waals surface area contributed by atoms with Gasteiger partial charge in [0.1, 0.15) is 11.5 Å². The fourth-order valence-electron chi connectivity index (χ4n) is 4.06. The Morgan fingerprint density at radius 3 is 1.73 bits per heavy atom. The Morgan fingerprint density at radius 2 is 1.27 bits per heavy atom. The third kappa shape index (κ3) is 5.83. The number of nitrogens with zero attached hydrogens (tertiary/aromatic N) is 3. The van der Waals surface area contributed by atoms with Gasteiger partial charge in [-0.2, -0.15) is 0 Å². The van der Waals surface area contributed by atoms with Crippen molar-refractivity contribution in [2.45, 2.75) is 34.1 Å². The summed E-state index contributed by atoms with van der Waals surface area (Å²) in [6, 6.07) is 17.0. The second-order valence-corrected chi connectivity index (χ2v) is 9.13. The summed E-state index contributed by atoms with van der Waals surface area (Å²) in [6.07, 6.45) is 0.170. The fourth-order valence-corrected chi connectivity index (χ4v) is 4.06. The number of carboxylic acids is 1. The van der Waals surface area contributed by atoms with E-state index in [4.69, 9.17) is 24.8 Å². The standard InChI is InChI=1S/C30H29N3O4/c1-17-6-9-23(20(4)14-17)27-31-28(24-10-7-18(2)15-21(24)5)33-29(32-27)25-11-8-22(16-26(25)34)37-13-12-19(3)30(35)36/h6-11,14-16,34H,3,12-13H2,1-2,4-5H3,(H,35,36). The van der Waals surface area contributed by atoms with Gasteiger partial charge in [-0.1, -0.05) is 54.1 Å². The lowest BCUT2D eigenvalue weighted by atomic mass is 10.0. The molecular formula is C30H29N3O4. The second kappa shape index (κ2) is 10.6. The normalized spacial score (nSPS) is 10.8. The van der Waals surface area contributed by atoms with E-state index in [0.717, 1.165) is 33.4 Å². The molecule has 0 aliphatic rings. The van der Waals surface area contributed by atoms with Crippen molar-refractivity contribution in [3.05, 3.63) is 89.0 Å². The van der Waals surface area contributed by atoms with Crippen molar-refractivity contribution >= 4 is 5.97 Å². The van der Waals surface area contributed by atoms with Crippen LogP contribution in [0.3, 0.4) is 0 Å². The Balaban J connectivity index is 1.76. The molecule has 0 spiro atoms. The molecule has 7 heteroatoms. The molecule has 188 valence electrons. The topological polar surface area (TPSA) is 105 Å². The highest BCUT2D eigenvalue weighted by Crippen LogP contribution is 2.34. The van der Waals surface area contributed by atoms with Gasteiger partial charge >= 0.3 is 5.97 Å². The van der Waals surface area contributed by atoms with Gasteiger partial charge in [-0.3, -0.25) is 0 Å². The molecule has 0 amide bonds. The summed E-state index contributed by atoms with van der Waals surface area (Å²) in [6.45, 7) is 11.7. The van der Waals surface area contributed by atoms with Crippen LogP contribution in [0.5, 0.6) is 11.5 Å². The van der Waals surface area contributed by atoms with Crippen molar-refractivity contribution in [1.29, 1.82) is 0 Å². The van der Waals surface area contributed by atoms with Gasteiger partial charge in [0.05, 0.1) is 12.2 Å². The van der Waals surface area contributed by atoms with E-state index in [1.807, 2.05) is 52.0 Å². The van der Waals surface area contributed by atoms with E-state index in [2.05, 4.69) is 18.7 Å². The molecule has 0 bridgehead atoms. The van der Waals surface area contributed by atoms with Crippen LogP contribution >= 0.6 is 0 Å². The molecule has 0 atom stereocenters. The molecule has 4 aromatic rings. The van der Waals surface area contributed by atoms with Crippen molar-refractivity contribution in [3.63, 3.8) is 0 Å². The van der Waals surface area contributed by atoms with Crippen LogP contribution in [0.4, 0.5) is 0 Å². The Labute approximate surface area is 216 Å². The summed E-state index contributed by atoms with van der Waals surface area (Å²) in [5, 5.41) is 19.8. The molecule has 4 rings (SSSR count). The number of phenolic OH excluding ortho intramolecular Hbond substituents is 1. The quantitative estimate of drug-likeness (QED) is 0.280. The number of benzene rings is 3. The zero-order valence-corrected chi connectivity index (χ0v) is 21.4. The molecule has 1 aromatic heterocycles. The molecule has 0 fully saturated rings. The van der Waals surface area contributed by atoms with Crippen molar-refractivity contribution in [3.8, 4) is 45.7 Å². The Bertz CT molecular complexity index is 1440. The van der Waals surface area contributed by atoms with Gasteiger partial charge in [0.25, 0.3) is 0 Å². The number of rotatable bonds is 8. The van der Waals surface area contributed by atoms with Gasteiger partial charge in [-0.25, -0.2) is 19.7 Å². The molecule has 2 N–H and O–H groups in total. The third-order valence-electron chi connectivity index (χ3n) is 6.07. The number of aryl methyl sites for hydroxylation is 4. The van der Waals surface area contributed by atoms with Gasteiger partial charge in [-0.05, 0) is 51.0 Å². The number of hydrogen-bond acceptors (Lipinski definition) is 6. The molecule has 3 aromatic carbocycles. The molecular weight excluding hydrogens is 466 g/mol. The third-order valence-corrected chi connectivity index (χ3v) is 6.07. The monoisotopic (exact) mass is 495 g/mol. The van der Waals surface area contributed by atoms with Gasteiger partial charge < -0.3 is 14.9 Å². The largest absolute Gasteiger partial charge is 0.507 e. The number of aromatic hydroxyl groups is 1. The van der Waals surface area contributed by atoms with Crippen molar-refractivity contribution < 1.29 is 19.7 Å². The van der Waals surface area contributed by atoms with Crippen molar-refractivity contribution in [1.82, 2.24) is 15.0 Å². The van der Waals surface area contributed by atoms with Crippen LogP contribution in [0.2, 0.25) is 0 Å². The first-order chi connectivity index (χ1) is 17.6. The van der Waals surface area contributed by atoms with Gasteiger partial charge in [-0.15, -0.1) is 0 Å². The average molecular weight is 496 g/mol. The summed E-state index contributed by atoms with van der Waals surface area (Å²) < 4.78 is 5.60. The number of hydrogen-bond donors (Lipinski definition) is 2. The molecule has 0 saturated carbocycles. The van der Waals surface area contributed by atoms with Crippen molar-refractivity contribution in [2.75, 3.05) is 6.61 Å². The number of aromatic nitrogens is 3. The lowest BCUT2D eigenvalue weighted by Gasteiger charge is -2.13. The highest BCUT2D eigenvalue weighted by Gasteiger charge is 2.17. The summed E-state index contributed by atoms with van der Waals surface area (Å²) in [4.78, 5) is 25.2. The minimum absolute atomic E-state index is 0.0566. The number of phenols is 1. The molecule has 0 unspecified atom stereocenters. The molecule has 37 heavy (non-hydrogen) atoms. The van der Waals surface area contributed by atoms with Crippen LogP contribution in [0, 0.1) is 27.7 Å². The summed E-state index contributed by atoms with van der Waals surface area (Å²) >= 11 is 0. The van der Waals surface area contributed by atoms with E-state index < -0.39 is 5.97 Å². The second-order valence-electron chi connectivity index (χ2n) is 9.13. The van der Waals surface area contributed by atoms with E-state index in [1.165, 1.54) is 6.07 Å². The first-order valence-electron chi connectivity index (χ1n) is 11.9. The molecule has 0 saturated heterocycles. The van der Waals surface area contributed by atoms with Crippen LogP contribution in [0.1, 0.15) is 28.7 Å². The van der Waals surface area contributed by atoms with Crippen LogP contribution in [-0.4, -0.2) is 37.7 Å². The zero-order valence-electron chi connectivity index (χ0n) is 21.4. The van der Waals surface area contributed by atoms with Crippen LogP contribution in [0.25, 0.3) is 34.2 Å². The smallest absolute Gasteiger partial charge is 0.331 e. The number of carbonyl (C=O) groups is 1. The first kappa shape index (κ1) is 25.6. The van der Waals surface area contributed by atoms with E-state index in [1.54, 1.807) is 12.1 Å². The SMILES string of the molecule is C=C(CCOc1ccc(-c2nc(-c3ccc(C)cc3C)nc(-c3ccc(C)cc3C)n2)c(O)c1)C(=O)O. The van der Waals surface area contributed by atoms with Gasteiger partial charge in [0, 0.05) is 29.2 Å². The number of carboxylic acid groups (broad SMARTS) is 1. The van der Waals surface area contributed by atoms with Crippen LogP contribution in [0.15, 0.2) is 66.7 Å². The highest BCUT2D eigenvalue weighted by atomic mass is 16.5. The maximum Gasteiger partial charge on any atom is 0.331 e. The molecule has 7 nitrogen and oxygen atoms in total. The van der Waals surface area contributed by atoms with E-state index in [-0.39, 0.29) is 24.4 Å². The maximum atomic E-state index is 10.9. The first-order valence-corrected chi connectivity index (χ1v) is 11.9. The maximum absolute atomic E-state index is 10.9. The predicted molar refractivity (Wildman–Crippen MR) is 144 cm³/mol. The molecule has 0 radical (unpaired) electrons. The number of ether oxygens (including phenoxy) is 1. The predicted octanol–water partition coefficient (Wildman–Crippen LogP) is 6.22. The van der Waals surface area contributed by atoms with E-state index in [9.17, 15) is 9.90 Å². The number of aliphatic carboxylic acids is 1. The van der Waals surface area contributed by atoms with Crippen molar-refractivity contribution in [2.24, 2.45) is 0 Å². The summed E-state index contributed by atoms with van der Waals surface area (Å²) in [5.41, 5.74) is 6.64. The Hall–Kier alpha value is -4.52. The molecule has 0 aliphatic heterocycles. The minimum atomic E-state index is -1.06. The fraction of sp³-hybridized carbons (Fsp3) is 0.200. The highest BCUT2D eigenvalue weighted by molar-refractivity contribution is 5.85.